The Morgan fingerprint density at radius 1 is 0.468 bits per heavy atom. The van der Waals surface area contributed by atoms with Crippen LogP contribution in [0.4, 0.5) is 0 Å². The first-order chi connectivity index (χ1) is 23.7. The molecule has 0 amide bonds. The van der Waals surface area contributed by atoms with E-state index in [2.05, 4.69) is 57.7 Å². The Kier molecular flexibility index (Phi) is 5.23. The van der Waals surface area contributed by atoms with Gasteiger partial charge in [-0.15, -0.1) is 0 Å². The van der Waals surface area contributed by atoms with Crippen LogP contribution in [0.15, 0.2) is 150 Å². The summed E-state index contributed by atoms with van der Waals surface area (Å²) in [4.78, 5) is 20.2. The van der Waals surface area contributed by atoms with E-state index < -0.39 is 0 Å². The fraction of sp³-hybridized carbons (Fsp3) is 0. The van der Waals surface area contributed by atoms with Crippen LogP contribution in [-0.4, -0.2) is 29.1 Å². The van der Waals surface area contributed by atoms with Gasteiger partial charge in [-0.05, 0) is 24.3 Å². The second-order valence-corrected chi connectivity index (χ2v) is 11.5. The number of nitrogens with zero attached hydrogens (tertiary/aromatic N) is 6. The van der Waals surface area contributed by atoms with Crippen molar-refractivity contribution < 1.29 is 5.79 Å². The standard InChI is InChI=1S/C40H24N6O/c1-3-13-25(14-4-1)37-42-38(26-15-5-2-6-16-26)44-39(43-37)45-32-20-10-7-17-27(32)29-23-24-30-28-18-8-11-21-33(28)46(36(30)35(29)45)40-41-31-19-9-12-22-34(31)47-40/h1-24H/i9D. The summed E-state index contributed by atoms with van der Waals surface area (Å²) in [6, 6.07) is 47.1. The molecule has 0 aliphatic rings. The van der Waals surface area contributed by atoms with Crippen molar-refractivity contribution in [3.05, 3.63) is 146 Å². The molecule has 0 spiro atoms. The number of para-hydroxylation sites is 4. The summed E-state index contributed by atoms with van der Waals surface area (Å²) in [5, 5.41) is 4.24. The van der Waals surface area contributed by atoms with Gasteiger partial charge in [0, 0.05) is 32.7 Å². The minimum absolute atomic E-state index is 0.380. The summed E-state index contributed by atoms with van der Waals surface area (Å²) in [5.41, 5.74) is 6.84. The molecule has 4 aromatic heterocycles. The monoisotopic (exact) mass is 605 g/mol. The lowest BCUT2D eigenvalue weighted by molar-refractivity contribution is 0.574. The zero-order valence-electron chi connectivity index (χ0n) is 25.9. The van der Waals surface area contributed by atoms with Crippen molar-refractivity contribution in [1.82, 2.24) is 29.1 Å². The number of rotatable bonds is 4. The van der Waals surface area contributed by atoms with E-state index in [1.54, 1.807) is 18.2 Å². The molecular formula is C40H24N6O. The van der Waals surface area contributed by atoms with Crippen LogP contribution in [-0.2, 0) is 0 Å². The molecular weight excluding hydrogens is 580 g/mol. The van der Waals surface area contributed by atoms with Crippen molar-refractivity contribution >= 4 is 54.7 Å². The highest BCUT2D eigenvalue weighted by atomic mass is 16.4. The molecule has 0 atom stereocenters. The number of hydrogen-bond acceptors (Lipinski definition) is 5. The lowest BCUT2D eigenvalue weighted by atomic mass is 10.1. The van der Waals surface area contributed by atoms with Gasteiger partial charge in [0.05, 0.1) is 23.4 Å². The Labute approximate surface area is 269 Å². The van der Waals surface area contributed by atoms with E-state index in [1.165, 1.54) is 0 Å². The molecule has 0 saturated heterocycles. The van der Waals surface area contributed by atoms with Crippen molar-refractivity contribution in [2.45, 2.75) is 0 Å². The zero-order valence-corrected chi connectivity index (χ0v) is 24.9. The molecule has 7 nitrogen and oxygen atoms in total. The smallest absolute Gasteiger partial charge is 0.307 e. The van der Waals surface area contributed by atoms with Crippen LogP contribution in [0, 0.1) is 0 Å². The van der Waals surface area contributed by atoms with Gasteiger partial charge in [0.2, 0.25) is 5.95 Å². The van der Waals surface area contributed by atoms with Crippen LogP contribution in [0.2, 0.25) is 0 Å². The fourth-order valence-electron chi connectivity index (χ4n) is 6.71. The van der Waals surface area contributed by atoms with E-state index in [-0.39, 0.29) is 0 Å². The highest BCUT2D eigenvalue weighted by molar-refractivity contribution is 6.23. The Morgan fingerprint density at radius 3 is 1.66 bits per heavy atom. The van der Waals surface area contributed by atoms with E-state index >= 15 is 0 Å². The van der Waals surface area contributed by atoms with Crippen LogP contribution >= 0.6 is 0 Å². The summed E-state index contributed by atoms with van der Waals surface area (Å²) in [5.74, 6) is 1.68. The topological polar surface area (TPSA) is 74.6 Å². The zero-order chi connectivity index (χ0) is 31.8. The van der Waals surface area contributed by atoms with Gasteiger partial charge in [-0.3, -0.25) is 9.13 Å². The summed E-state index contributed by atoms with van der Waals surface area (Å²) >= 11 is 0. The Hall–Kier alpha value is -6.60. The molecule has 0 bridgehead atoms. The predicted molar refractivity (Wildman–Crippen MR) is 187 cm³/mol. The Morgan fingerprint density at radius 2 is 1.02 bits per heavy atom. The SMILES string of the molecule is [2H]c1ccc2oc(-n3c4ccccc4c4ccc5c6ccccc6n(-c6nc(-c7ccccc7)nc(-c7ccccc7)n6)c5c43)nc2c1. The normalized spacial score (nSPS) is 12.1. The Bertz CT molecular complexity index is 2800. The maximum absolute atomic E-state index is 8.16. The molecule has 47 heavy (non-hydrogen) atoms. The van der Waals surface area contributed by atoms with Crippen LogP contribution < -0.4 is 0 Å². The van der Waals surface area contributed by atoms with Gasteiger partial charge >= 0.3 is 6.01 Å². The molecule has 7 heteroatoms. The number of aromatic nitrogens is 6. The van der Waals surface area contributed by atoms with Crippen molar-refractivity contribution in [2.24, 2.45) is 0 Å². The van der Waals surface area contributed by atoms with E-state index in [9.17, 15) is 0 Å². The van der Waals surface area contributed by atoms with E-state index in [0.29, 0.717) is 40.8 Å². The minimum atomic E-state index is 0.380. The summed E-state index contributed by atoms with van der Waals surface area (Å²) in [6.45, 7) is 0. The molecule has 10 aromatic rings. The van der Waals surface area contributed by atoms with Gasteiger partial charge in [-0.2, -0.15) is 15.0 Å². The fourth-order valence-corrected chi connectivity index (χ4v) is 6.71. The highest BCUT2D eigenvalue weighted by Crippen LogP contribution is 2.41. The molecule has 0 aliphatic carbocycles. The average molecular weight is 606 g/mol. The first-order valence-corrected chi connectivity index (χ1v) is 15.4. The third-order valence-electron chi connectivity index (χ3n) is 8.77. The van der Waals surface area contributed by atoms with Gasteiger partial charge in [-0.25, -0.2) is 4.98 Å². The second-order valence-electron chi connectivity index (χ2n) is 11.5. The predicted octanol–water partition coefficient (Wildman–Crippen LogP) is 9.54. The largest absolute Gasteiger partial charge is 0.423 e. The van der Waals surface area contributed by atoms with Crippen LogP contribution in [0.25, 0.3) is 89.5 Å². The summed E-state index contributed by atoms with van der Waals surface area (Å²) in [7, 11) is 0. The molecule has 0 unspecified atom stereocenters. The third kappa shape index (κ3) is 3.87. The third-order valence-corrected chi connectivity index (χ3v) is 8.77. The van der Waals surface area contributed by atoms with Crippen molar-refractivity contribution in [3.63, 3.8) is 0 Å². The highest BCUT2D eigenvalue weighted by Gasteiger charge is 2.24. The van der Waals surface area contributed by atoms with E-state index in [0.717, 1.165) is 54.7 Å². The van der Waals surface area contributed by atoms with Gasteiger partial charge in [0.25, 0.3) is 0 Å². The van der Waals surface area contributed by atoms with Crippen molar-refractivity contribution in [2.75, 3.05) is 0 Å². The molecule has 4 heterocycles. The minimum Gasteiger partial charge on any atom is -0.423 e. The molecule has 0 radical (unpaired) electrons. The summed E-state index contributed by atoms with van der Waals surface area (Å²) < 4.78 is 18.8. The van der Waals surface area contributed by atoms with Crippen LogP contribution in [0.3, 0.4) is 0 Å². The average Bonchev–Trinajstić information content (AvgIpc) is 3.81. The summed E-state index contributed by atoms with van der Waals surface area (Å²) in [6.07, 6.45) is 0. The van der Waals surface area contributed by atoms with Gasteiger partial charge in [0.15, 0.2) is 17.2 Å². The van der Waals surface area contributed by atoms with Crippen molar-refractivity contribution in [1.29, 1.82) is 0 Å². The van der Waals surface area contributed by atoms with E-state index in [4.69, 9.17) is 25.7 Å². The second kappa shape index (κ2) is 9.95. The molecule has 0 N–H and O–H groups in total. The number of hydrogen-bond donors (Lipinski definition) is 0. The molecule has 0 aliphatic heterocycles. The number of fused-ring (bicyclic) bond motifs is 8. The first-order valence-electron chi connectivity index (χ1n) is 15.9. The van der Waals surface area contributed by atoms with Crippen LogP contribution in [0.1, 0.15) is 1.37 Å². The maximum atomic E-state index is 8.16. The maximum Gasteiger partial charge on any atom is 0.307 e. The molecule has 0 fully saturated rings. The number of oxazole rings is 1. The molecule has 10 rings (SSSR count). The van der Waals surface area contributed by atoms with Gasteiger partial charge in [0.1, 0.15) is 5.52 Å². The van der Waals surface area contributed by atoms with Gasteiger partial charge < -0.3 is 4.42 Å². The molecule has 0 saturated carbocycles. The van der Waals surface area contributed by atoms with Crippen molar-refractivity contribution in [3.8, 4) is 34.7 Å². The lowest BCUT2D eigenvalue weighted by Crippen LogP contribution is -2.07. The molecule has 6 aromatic carbocycles. The van der Waals surface area contributed by atoms with Crippen LogP contribution in [0.5, 0.6) is 0 Å². The molecule has 220 valence electrons. The Balaban J connectivity index is 1.38. The number of benzene rings is 6. The van der Waals surface area contributed by atoms with E-state index in [1.807, 2.05) is 72.8 Å². The lowest BCUT2D eigenvalue weighted by Gasteiger charge is -2.12. The van der Waals surface area contributed by atoms with Gasteiger partial charge in [-0.1, -0.05) is 121 Å². The quantitative estimate of drug-likeness (QED) is 0.200. The first kappa shape index (κ1) is 24.7.